The number of hydrogen-bond acceptors (Lipinski definition) is 3. The topological polar surface area (TPSA) is 41.6 Å². The summed E-state index contributed by atoms with van der Waals surface area (Å²) in [7, 11) is 0. The molecular formula is C13H26N2O2. The molecule has 1 rings (SSSR count). The summed E-state index contributed by atoms with van der Waals surface area (Å²) in [6.07, 6.45) is 0. The molecule has 1 unspecified atom stereocenters. The van der Waals surface area contributed by atoms with Gasteiger partial charge in [-0.3, -0.25) is 4.79 Å². The second-order valence-electron chi connectivity index (χ2n) is 6.05. The van der Waals surface area contributed by atoms with Crippen molar-refractivity contribution >= 4 is 5.91 Å². The van der Waals surface area contributed by atoms with Gasteiger partial charge >= 0.3 is 0 Å². The van der Waals surface area contributed by atoms with Crippen LogP contribution in [-0.4, -0.2) is 48.7 Å². The zero-order valence-corrected chi connectivity index (χ0v) is 11.7. The molecule has 1 aliphatic heterocycles. The highest BCUT2D eigenvalue weighted by atomic mass is 16.5. The average Bonchev–Trinajstić information content (AvgIpc) is 2.24. The maximum atomic E-state index is 12.1. The van der Waals surface area contributed by atoms with E-state index in [9.17, 15) is 4.79 Å². The molecule has 4 heteroatoms. The van der Waals surface area contributed by atoms with Crippen LogP contribution in [0.5, 0.6) is 0 Å². The first-order chi connectivity index (χ1) is 7.81. The van der Waals surface area contributed by atoms with Crippen LogP contribution in [0.1, 0.15) is 34.6 Å². The molecule has 100 valence electrons. The van der Waals surface area contributed by atoms with Gasteiger partial charge in [-0.1, -0.05) is 13.8 Å². The van der Waals surface area contributed by atoms with Crippen LogP contribution in [0.2, 0.25) is 0 Å². The first-order valence-electron chi connectivity index (χ1n) is 6.44. The lowest BCUT2D eigenvalue weighted by Gasteiger charge is -2.38. The zero-order valence-electron chi connectivity index (χ0n) is 11.7. The molecule has 0 aromatic heterocycles. The molecule has 0 radical (unpaired) electrons. The van der Waals surface area contributed by atoms with Crippen LogP contribution >= 0.6 is 0 Å². The molecule has 0 aromatic carbocycles. The quantitative estimate of drug-likeness (QED) is 0.810. The van der Waals surface area contributed by atoms with Gasteiger partial charge in [0, 0.05) is 24.5 Å². The van der Waals surface area contributed by atoms with E-state index in [-0.39, 0.29) is 23.4 Å². The number of amides is 1. The number of carbonyl (C=O) groups excluding carboxylic acids is 1. The molecule has 1 fully saturated rings. The van der Waals surface area contributed by atoms with Crippen molar-refractivity contribution in [3.8, 4) is 0 Å². The summed E-state index contributed by atoms with van der Waals surface area (Å²) in [6, 6.07) is 0.165. The van der Waals surface area contributed by atoms with Crippen LogP contribution in [0.15, 0.2) is 0 Å². The largest absolute Gasteiger partial charge is 0.377 e. The Hall–Kier alpha value is -0.610. The molecule has 0 aromatic rings. The second-order valence-corrected chi connectivity index (χ2v) is 6.05. The third kappa shape index (κ3) is 4.64. The fourth-order valence-electron chi connectivity index (χ4n) is 1.87. The summed E-state index contributed by atoms with van der Waals surface area (Å²) in [6.45, 7) is 13.1. The van der Waals surface area contributed by atoms with Crippen molar-refractivity contribution in [3.05, 3.63) is 0 Å². The highest BCUT2D eigenvalue weighted by Crippen LogP contribution is 2.12. The zero-order chi connectivity index (χ0) is 13.1. The Labute approximate surface area is 105 Å². The lowest BCUT2D eigenvalue weighted by molar-refractivity contribution is -0.143. The fraction of sp³-hybridized carbons (Fsp3) is 0.923. The third-order valence-electron chi connectivity index (χ3n) is 2.87. The van der Waals surface area contributed by atoms with Crippen molar-refractivity contribution in [2.75, 3.05) is 26.3 Å². The van der Waals surface area contributed by atoms with Gasteiger partial charge in [0.15, 0.2) is 0 Å². The SMILES string of the molecule is CC(C)C(=O)N1CCOCC1CNC(C)(C)C. The summed E-state index contributed by atoms with van der Waals surface area (Å²) in [5.41, 5.74) is 0.0734. The first kappa shape index (κ1) is 14.5. The molecule has 1 N–H and O–H groups in total. The van der Waals surface area contributed by atoms with Gasteiger partial charge in [0.2, 0.25) is 5.91 Å². The van der Waals surface area contributed by atoms with Gasteiger partial charge in [0.05, 0.1) is 19.3 Å². The normalized spacial score (nSPS) is 22.0. The lowest BCUT2D eigenvalue weighted by Crippen LogP contribution is -2.56. The van der Waals surface area contributed by atoms with Crippen LogP contribution in [0.3, 0.4) is 0 Å². The maximum Gasteiger partial charge on any atom is 0.225 e. The minimum atomic E-state index is 0.0604. The van der Waals surface area contributed by atoms with Gasteiger partial charge in [-0.15, -0.1) is 0 Å². The number of morpholine rings is 1. The van der Waals surface area contributed by atoms with Crippen molar-refractivity contribution in [1.82, 2.24) is 10.2 Å². The number of carbonyl (C=O) groups is 1. The number of ether oxygens (including phenoxy) is 1. The number of rotatable bonds is 3. The Morgan fingerprint density at radius 2 is 2.12 bits per heavy atom. The summed E-state index contributed by atoms with van der Waals surface area (Å²) in [5, 5.41) is 3.44. The predicted molar refractivity (Wildman–Crippen MR) is 68.9 cm³/mol. The van der Waals surface area contributed by atoms with E-state index in [1.165, 1.54) is 0 Å². The van der Waals surface area contributed by atoms with Crippen LogP contribution in [-0.2, 0) is 9.53 Å². The van der Waals surface area contributed by atoms with E-state index in [4.69, 9.17) is 4.74 Å². The van der Waals surface area contributed by atoms with Crippen molar-refractivity contribution in [3.63, 3.8) is 0 Å². The highest BCUT2D eigenvalue weighted by molar-refractivity contribution is 5.78. The Morgan fingerprint density at radius 1 is 1.47 bits per heavy atom. The summed E-state index contributed by atoms with van der Waals surface area (Å²) >= 11 is 0. The van der Waals surface area contributed by atoms with E-state index < -0.39 is 0 Å². The molecule has 1 heterocycles. The summed E-state index contributed by atoms with van der Waals surface area (Å²) in [5.74, 6) is 0.291. The number of nitrogens with zero attached hydrogens (tertiary/aromatic N) is 1. The predicted octanol–water partition coefficient (Wildman–Crippen LogP) is 1.26. The van der Waals surface area contributed by atoms with E-state index >= 15 is 0 Å². The molecular weight excluding hydrogens is 216 g/mol. The van der Waals surface area contributed by atoms with E-state index in [0.29, 0.717) is 19.8 Å². The number of nitrogens with one attached hydrogen (secondary N) is 1. The van der Waals surface area contributed by atoms with Gasteiger partial charge < -0.3 is 15.0 Å². The molecule has 17 heavy (non-hydrogen) atoms. The van der Waals surface area contributed by atoms with E-state index in [0.717, 1.165) is 6.54 Å². The summed E-state index contributed by atoms with van der Waals surface area (Å²) < 4.78 is 5.47. The fourth-order valence-corrected chi connectivity index (χ4v) is 1.87. The van der Waals surface area contributed by atoms with Crippen LogP contribution in [0.25, 0.3) is 0 Å². The third-order valence-corrected chi connectivity index (χ3v) is 2.87. The summed E-state index contributed by atoms with van der Waals surface area (Å²) in [4.78, 5) is 14.0. The van der Waals surface area contributed by atoms with Gasteiger partial charge in [-0.05, 0) is 20.8 Å². The minimum absolute atomic E-state index is 0.0604. The van der Waals surface area contributed by atoms with E-state index in [1.807, 2.05) is 18.7 Å². The Balaban J connectivity index is 2.57. The molecule has 4 nitrogen and oxygen atoms in total. The van der Waals surface area contributed by atoms with Crippen molar-refractivity contribution in [1.29, 1.82) is 0 Å². The molecule has 1 atom stereocenters. The number of hydrogen-bond donors (Lipinski definition) is 1. The molecule has 0 bridgehead atoms. The standard InChI is InChI=1S/C13H26N2O2/c1-10(2)12(16)15-6-7-17-9-11(15)8-14-13(3,4)5/h10-11,14H,6-9H2,1-5H3. The first-order valence-corrected chi connectivity index (χ1v) is 6.44. The minimum Gasteiger partial charge on any atom is -0.377 e. The van der Waals surface area contributed by atoms with Crippen LogP contribution in [0, 0.1) is 5.92 Å². The maximum absolute atomic E-state index is 12.1. The van der Waals surface area contributed by atoms with E-state index in [1.54, 1.807) is 0 Å². The molecule has 0 saturated carbocycles. The highest BCUT2D eigenvalue weighted by Gasteiger charge is 2.29. The Bertz CT molecular complexity index is 259. The smallest absolute Gasteiger partial charge is 0.225 e. The molecule has 1 amide bonds. The van der Waals surface area contributed by atoms with Gasteiger partial charge in [-0.2, -0.15) is 0 Å². The monoisotopic (exact) mass is 242 g/mol. The molecule has 1 saturated heterocycles. The lowest BCUT2D eigenvalue weighted by atomic mass is 10.1. The van der Waals surface area contributed by atoms with Crippen LogP contribution in [0.4, 0.5) is 0 Å². The Kier molecular flexibility index (Phi) is 4.95. The van der Waals surface area contributed by atoms with Crippen molar-refractivity contribution in [2.45, 2.75) is 46.2 Å². The van der Waals surface area contributed by atoms with Gasteiger partial charge in [0.25, 0.3) is 0 Å². The average molecular weight is 242 g/mol. The van der Waals surface area contributed by atoms with Crippen molar-refractivity contribution < 1.29 is 9.53 Å². The van der Waals surface area contributed by atoms with E-state index in [2.05, 4.69) is 26.1 Å². The molecule has 1 aliphatic rings. The Morgan fingerprint density at radius 3 is 2.65 bits per heavy atom. The molecule has 0 spiro atoms. The van der Waals surface area contributed by atoms with Gasteiger partial charge in [0.1, 0.15) is 0 Å². The van der Waals surface area contributed by atoms with Crippen molar-refractivity contribution in [2.24, 2.45) is 5.92 Å². The van der Waals surface area contributed by atoms with Crippen LogP contribution < -0.4 is 5.32 Å². The van der Waals surface area contributed by atoms with Gasteiger partial charge in [-0.25, -0.2) is 0 Å². The molecule has 0 aliphatic carbocycles. The second kappa shape index (κ2) is 5.83.